The fourth-order valence-corrected chi connectivity index (χ4v) is 2.68. The Morgan fingerprint density at radius 1 is 1.19 bits per heavy atom. The first-order chi connectivity index (χ1) is 7.69. The van der Waals surface area contributed by atoms with E-state index in [0.29, 0.717) is 24.6 Å². The van der Waals surface area contributed by atoms with Crippen molar-refractivity contribution in [2.75, 3.05) is 6.61 Å². The number of nitrogens with one attached hydrogen (secondary N) is 1. The summed E-state index contributed by atoms with van der Waals surface area (Å²) in [6, 6.07) is 1.11. The number of hydrogen-bond acceptors (Lipinski definition) is 2. The van der Waals surface area contributed by atoms with E-state index in [-0.39, 0.29) is 0 Å². The molecule has 1 saturated carbocycles. The Kier molecular flexibility index (Phi) is 6.37. The van der Waals surface area contributed by atoms with Crippen molar-refractivity contribution < 1.29 is 5.11 Å². The van der Waals surface area contributed by atoms with Crippen molar-refractivity contribution in [3.05, 3.63) is 0 Å². The van der Waals surface area contributed by atoms with Gasteiger partial charge < -0.3 is 10.4 Å². The molecule has 2 N–H and O–H groups in total. The van der Waals surface area contributed by atoms with Crippen molar-refractivity contribution >= 4 is 0 Å². The van der Waals surface area contributed by atoms with E-state index in [2.05, 4.69) is 26.1 Å². The summed E-state index contributed by atoms with van der Waals surface area (Å²) >= 11 is 0. The van der Waals surface area contributed by atoms with E-state index in [1.165, 1.54) is 38.5 Å². The Balaban J connectivity index is 2.47. The molecule has 0 saturated heterocycles. The monoisotopic (exact) mass is 227 g/mol. The Morgan fingerprint density at radius 2 is 1.88 bits per heavy atom. The summed E-state index contributed by atoms with van der Waals surface area (Å²) in [4.78, 5) is 0. The lowest BCUT2D eigenvalue weighted by Crippen LogP contribution is -2.44. The second-order valence-corrected chi connectivity index (χ2v) is 5.53. The van der Waals surface area contributed by atoms with Crippen LogP contribution < -0.4 is 5.32 Å². The number of aliphatic hydroxyl groups is 1. The highest BCUT2D eigenvalue weighted by Crippen LogP contribution is 2.24. The molecule has 1 aliphatic carbocycles. The molecule has 0 amide bonds. The van der Waals surface area contributed by atoms with Crippen molar-refractivity contribution in [1.29, 1.82) is 0 Å². The first-order valence-electron chi connectivity index (χ1n) is 7.06. The Labute approximate surface area is 101 Å². The van der Waals surface area contributed by atoms with Crippen LogP contribution in [0.2, 0.25) is 0 Å². The van der Waals surface area contributed by atoms with Gasteiger partial charge in [-0.3, -0.25) is 0 Å². The van der Waals surface area contributed by atoms with E-state index in [4.69, 9.17) is 0 Å². The Bertz CT molecular complexity index is 184. The van der Waals surface area contributed by atoms with E-state index >= 15 is 0 Å². The van der Waals surface area contributed by atoms with Crippen LogP contribution in [0.15, 0.2) is 0 Å². The molecule has 1 rings (SSSR count). The first kappa shape index (κ1) is 14.0. The third-order valence-electron chi connectivity index (χ3n) is 4.37. The maximum atomic E-state index is 9.46. The van der Waals surface area contributed by atoms with Crippen LogP contribution in [0.4, 0.5) is 0 Å². The van der Waals surface area contributed by atoms with E-state index in [1.54, 1.807) is 0 Å². The second kappa shape index (κ2) is 7.29. The molecule has 0 bridgehead atoms. The number of aliphatic hydroxyl groups excluding tert-OH is 1. The largest absolute Gasteiger partial charge is 0.396 e. The molecule has 4 atom stereocenters. The summed E-state index contributed by atoms with van der Waals surface area (Å²) in [5, 5.41) is 13.2. The van der Waals surface area contributed by atoms with E-state index < -0.39 is 0 Å². The quantitative estimate of drug-likeness (QED) is 0.708. The van der Waals surface area contributed by atoms with Gasteiger partial charge in [0.15, 0.2) is 0 Å². The standard InChI is InChI=1S/C14H29NO/c1-4-11(2)12(3)15-14-9-7-5-6-8-13(14)10-16/h11-16H,4-10H2,1-3H3. The molecular weight excluding hydrogens is 198 g/mol. The van der Waals surface area contributed by atoms with E-state index in [9.17, 15) is 5.11 Å². The number of hydrogen-bond donors (Lipinski definition) is 2. The van der Waals surface area contributed by atoms with E-state index in [1.807, 2.05) is 0 Å². The molecule has 2 heteroatoms. The summed E-state index contributed by atoms with van der Waals surface area (Å²) in [6.45, 7) is 7.19. The third-order valence-corrected chi connectivity index (χ3v) is 4.37. The molecule has 96 valence electrons. The fourth-order valence-electron chi connectivity index (χ4n) is 2.68. The fraction of sp³-hybridized carbons (Fsp3) is 1.00. The highest BCUT2D eigenvalue weighted by molar-refractivity contribution is 4.82. The highest BCUT2D eigenvalue weighted by atomic mass is 16.3. The minimum Gasteiger partial charge on any atom is -0.396 e. The summed E-state index contributed by atoms with van der Waals surface area (Å²) < 4.78 is 0. The molecule has 1 fully saturated rings. The Hall–Kier alpha value is -0.0800. The summed E-state index contributed by atoms with van der Waals surface area (Å²) in [5.74, 6) is 1.21. The molecule has 0 aromatic rings. The second-order valence-electron chi connectivity index (χ2n) is 5.53. The highest BCUT2D eigenvalue weighted by Gasteiger charge is 2.25. The lowest BCUT2D eigenvalue weighted by atomic mass is 9.92. The lowest BCUT2D eigenvalue weighted by molar-refractivity contribution is 0.169. The van der Waals surface area contributed by atoms with Crippen LogP contribution in [0, 0.1) is 11.8 Å². The molecule has 0 aromatic heterocycles. The molecule has 16 heavy (non-hydrogen) atoms. The predicted octanol–water partition coefficient (Wildman–Crippen LogP) is 2.95. The van der Waals surface area contributed by atoms with Crippen molar-refractivity contribution in [1.82, 2.24) is 5.32 Å². The van der Waals surface area contributed by atoms with Gasteiger partial charge in [-0.25, -0.2) is 0 Å². The maximum Gasteiger partial charge on any atom is 0.0474 e. The first-order valence-corrected chi connectivity index (χ1v) is 7.06. The predicted molar refractivity (Wildman–Crippen MR) is 69.5 cm³/mol. The third kappa shape index (κ3) is 4.06. The van der Waals surface area contributed by atoms with Gasteiger partial charge in [0, 0.05) is 18.7 Å². The molecule has 0 spiro atoms. The van der Waals surface area contributed by atoms with Crippen molar-refractivity contribution in [2.45, 2.75) is 71.4 Å². The van der Waals surface area contributed by atoms with Crippen LogP contribution in [0.3, 0.4) is 0 Å². The van der Waals surface area contributed by atoms with E-state index in [0.717, 1.165) is 5.92 Å². The van der Waals surface area contributed by atoms with Gasteiger partial charge in [-0.1, -0.05) is 39.5 Å². The van der Waals surface area contributed by atoms with Gasteiger partial charge in [-0.05, 0) is 31.6 Å². The van der Waals surface area contributed by atoms with Crippen LogP contribution in [0.1, 0.15) is 59.3 Å². The number of rotatable bonds is 5. The lowest BCUT2D eigenvalue weighted by Gasteiger charge is -2.30. The van der Waals surface area contributed by atoms with Gasteiger partial charge in [-0.2, -0.15) is 0 Å². The minimum absolute atomic E-state index is 0.352. The topological polar surface area (TPSA) is 32.3 Å². The Morgan fingerprint density at radius 3 is 2.50 bits per heavy atom. The van der Waals surface area contributed by atoms with Gasteiger partial charge in [0.05, 0.1) is 0 Å². The molecule has 1 aliphatic rings. The molecular formula is C14H29NO. The van der Waals surface area contributed by atoms with Crippen LogP contribution in [-0.4, -0.2) is 23.8 Å². The van der Waals surface area contributed by atoms with Gasteiger partial charge in [0.2, 0.25) is 0 Å². The molecule has 4 unspecified atom stereocenters. The van der Waals surface area contributed by atoms with Crippen molar-refractivity contribution in [3.8, 4) is 0 Å². The summed E-state index contributed by atoms with van der Waals surface area (Å²) in [6.07, 6.45) is 7.62. The smallest absolute Gasteiger partial charge is 0.0474 e. The molecule has 0 radical (unpaired) electrons. The van der Waals surface area contributed by atoms with Crippen LogP contribution in [0.5, 0.6) is 0 Å². The zero-order chi connectivity index (χ0) is 12.0. The average Bonchev–Trinajstić information content (AvgIpc) is 2.52. The minimum atomic E-state index is 0.352. The maximum absolute atomic E-state index is 9.46. The van der Waals surface area contributed by atoms with Crippen LogP contribution >= 0.6 is 0 Å². The van der Waals surface area contributed by atoms with Gasteiger partial charge >= 0.3 is 0 Å². The van der Waals surface area contributed by atoms with Crippen molar-refractivity contribution in [3.63, 3.8) is 0 Å². The SMILES string of the molecule is CCC(C)C(C)NC1CCCCCC1CO. The molecule has 0 aromatic carbocycles. The molecule has 0 heterocycles. The summed E-state index contributed by atoms with van der Waals surface area (Å²) in [5.41, 5.74) is 0. The molecule has 2 nitrogen and oxygen atoms in total. The zero-order valence-corrected chi connectivity index (χ0v) is 11.2. The zero-order valence-electron chi connectivity index (χ0n) is 11.2. The van der Waals surface area contributed by atoms with Crippen molar-refractivity contribution in [2.24, 2.45) is 11.8 Å². The van der Waals surface area contributed by atoms with Crippen LogP contribution in [-0.2, 0) is 0 Å². The van der Waals surface area contributed by atoms with Gasteiger partial charge in [-0.15, -0.1) is 0 Å². The average molecular weight is 227 g/mol. The normalized spacial score (nSPS) is 30.8. The van der Waals surface area contributed by atoms with Crippen LogP contribution in [0.25, 0.3) is 0 Å². The van der Waals surface area contributed by atoms with Gasteiger partial charge in [0.25, 0.3) is 0 Å². The van der Waals surface area contributed by atoms with Gasteiger partial charge in [0.1, 0.15) is 0 Å². The molecule has 0 aliphatic heterocycles. The summed E-state index contributed by atoms with van der Waals surface area (Å²) in [7, 11) is 0.